The smallest absolute Gasteiger partial charge is 0.305 e. The molecule has 1 fully saturated rings. The van der Waals surface area contributed by atoms with Crippen LogP contribution < -0.4 is 5.32 Å². The van der Waals surface area contributed by atoms with Crippen molar-refractivity contribution in [3.63, 3.8) is 0 Å². The minimum absolute atomic E-state index is 0.0888. The fraction of sp³-hybridized carbons (Fsp3) is 0.556. The Morgan fingerprint density at radius 3 is 2.75 bits per heavy atom. The maximum Gasteiger partial charge on any atom is 0.305 e. The predicted molar refractivity (Wildman–Crippen MR) is 58.2 cm³/mol. The first kappa shape index (κ1) is 10.7. The zero-order chi connectivity index (χ0) is 11.5. The molecule has 7 heteroatoms. The molecule has 1 atom stereocenters. The summed E-state index contributed by atoms with van der Waals surface area (Å²) < 4.78 is 0. The molecule has 0 bridgehead atoms. The number of hydrogen-bond donors (Lipinski definition) is 1. The van der Waals surface area contributed by atoms with Crippen LogP contribution in [0.2, 0.25) is 0 Å². The van der Waals surface area contributed by atoms with E-state index in [-0.39, 0.29) is 5.69 Å². The van der Waals surface area contributed by atoms with Gasteiger partial charge in [-0.3, -0.25) is 10.1 Å². The lowest BCUT2D eigenvalue weighted by Gasteiger charge is -2.11. The average molecular weight is 223 g/mol. The van der Waals surface area contributed by atoms with E-state index in [0.29, 0.717) is 12.0 Å². The van der Waals surface area contributed by atoms with Crippen molar-refractivity contribution in [2.75, 3.05) is 25.5 Å². The Morgan fingerprint density at radius 1 is 1.56 bits per heavy atom. The minimum Gasteiger partial charge on any atom is -0.350 e. The van der Waals surface area contributed by atoms with Crippen LogP contribution in [0.1, 0.15) is 6.42 Å². The molecular weight excluding hydrogens is 210 g/mol. The molecule has 1 aliphatic heterocycles. The number of rotatable bonds is 3. The van der Waals surface area contributed by atoms with Gasteiger partial charge >= 0.3 is 5.69 Å². The highest BCUT2D eigenvalue weighted by Crippen LogP contribution is 2.13. The molecule has 16 heavy (non-hydrogen) atoms. The number of likely N-dealkylation sites (N-methyl/N-ethyl adjacent to an activating group) is 1. The van der Waals surface area contributed by atoms with Crippen LogP contribution in [-0.4, -0.2) is 46.0 Å². The second-order valence-corrected chi connectivity index (χ2v) is 3.91. The number of likely N-dealkylation sites (tertiary alicyclic amines) is 1. The molecular formula is C9H13N5O2. The van der Waals surface area contributed by atoms with Crippen LogP contribution in [0.4, 0.5) is 11.6 Å². The first-order valence-electron chi connectivity index (χ1n) is 5.06. The first-order chi connectivity index (χ1) is 7.65. The van der Waals surface area contributed by atoms with E-state index in [0.717, 1.165) is 19.5 Å². The van der Waals surface area contributed by atoms with Crippen molar-refractivity contribution in [3.8, 4) is 0 Å². The quantitative estimate of drug-likeness (QED) is 0.593. The number of anilines is 1. The van der Waals surface area contributed by atoms with E-state index >= 15 is 0 Å². The molecule has 1 aliphatic rings. The van der Waals surface area contributed by atoms with Gasteiger partial charge in [-0.2, -0.15) is 0 Å². The summed E-state index contributed by atoms with van der Waals surface area (Å²) >= 11 is 0. The lowest BCUT2D eigenvalue weighted by atomic mass is 10.3. The first-order valence-corrected chi connectivity index (χ1v) is 5.06. The van der Waals surface area contributed by atoms with Gasteiger partial charge in [0.1, 0.15) is 12.4 Å². The van der Waals surface area contributed by atoms with E-state index in [1.807, 2.05) is 0 Å². The molecule has 1 aromatic heterocycles. The molecule has 0 radical (unpaired) electrons. The zero-order valence-electron chi connectivity index (χ0n) is 8.96. The standard InChI is InChI=1S/C9H13N5O2/c1-13-3-2-7(6-13)12-9-10-4-8(5-11-9)14(15)16/h4-5,7H,2-3,6H2,1H3,(H,10,11,12). The Hall–Kier alpha value is -1.76. The summed E-state index contributed by atoms with van der Waals surface area (Å²) in [6, 6.07) is 0.325. The van der Waals surface area contributed by atoms with Crippen LogP contribution in [0.25, 0.3) is 0 Å². The summed E-state index contributed by atoms with van der Waals surface area (Å²) in [6.07, 6.45) is 3.47. The van der Waals surface area contributed by atoms with Gasteiger partial charge < -0.3 is 10.2 Å². The van der Waals surface area contributed by atoms with Crippen molar-refractivity contribution in [1.82, 2.24) is 14.9 Å². The minimum atomic E-state index is -0.507. The fourth-order valence-electron chi connectivity index (χ4n) is 1.73. The van der Waals surface area contributed by atoms with Crippen LogP contribution in [-0.2, 0) is 0 Å². The van der Waals surface area contributed by atoms with Crippen molar-refractivity contribution in [2.24, 2.45) is 0 Å². The molecule has 1 aromatic rings. The predicted octanol–water partition coefficient (Wildman–Crippen LogP) is 0.501. The van der Waals surface area contributed by atoms with Crippen LogP contribution in [0.3, 0.4) is 0 Å². The van der Waals surface area contributed by atoms with Crippen LogP contribution in [0, 0.1) is 10.1 Å². The third-order valence-corrected chi connectivity index (χ3v) is 2.57. The molecule has 1 saturated heterocycles. The van der Waals surface area contributed by atoms with Gasteiger partial charge in [-0.25, -0.2) is 9.97 Å². The summed E-state index contributed by atoms with van der Waals surface area (Å²) in [5, 5.41) is 13.5. The van der Waals surface area contributed by atoms with E-state index in [1.54, 1.807) is 0 Å². The highest BCUT2D eigenvalue weighted by molar-refractivity contribution is 5.31. The SMILES string of the molecule is CN1CCC(Nc2ncc([N+](=O)[O-])cn2)C1. The molecule has 0 amide bonds. The third kappa shape index (κ3) is 2.43. The van der Waals surface area contributed by atoms with Gasteiger partial charge in [-0.05, 0) is 20.0 Å². The Kier molecular flexibility index (Phi) is 2.95. The van der Waals surface area contributed by atoms with Gasteiger partial charge in [0.05, 0.1) is 4.92 Å². The highest BCUT2D eigenvalue weighted by Gasteiger charge is 2.20. The van der Waals surface area contributed by atoms with E-state index in [9.17, 15) is 10.1 Å². The topological polar surface area (TPSA) is 84.2 Å². The summed E-state index contributed by atoms with van der Waals surface area (Å²) in [4.78, 5) is 19.9. The number of nitro groups is 1. The molecule has 0 aromatic carbocycles. The molecule has 1 N–H and O–H groups in total. The molecule has 0 aliphatic carbocycles. The lowest BCUT2D eigenvalue weighted by Crippen LogP contribution is -2.24. The monoisotopic (exact) mass is 223 g/mol. The summed E-state index contributed by atoms with van der Waals surface area (Å²) in [5.41, 5.74) is -0.0888. The maximum absolute atomic E-state index is 10.4. The maximum atomic E-state index is 10.4. The Bertz CT molecular complexity index is 380. The van der Waals surface area contributed by atoms with Crippen LogP contribution in [0.5, 0.6) is 0 Å². The second-order valence-electron chi connectivity index (χ2n) is 3.91. The van der Waals surface area contributed by atoms with Crippen LogP contribution in [0.15, 0.2) is 12.4 Å². The van der Waals surface area contributed by atoms with Crippen LogP contribution >= 0.6 is 0 Å². The van der Waals surface area contributed by atoms with Crippen molar-refractivity contribution in [1.29, 1.82) is 0 Å². The molecule has 2 rings (SSSR count). The largest absolute Gasteiger partial charge is 0.350 e. The van der Waals surface area contributed by atoms with E-state index in [4.69, 9.17) is 0 Å². The molecule has 86 valence electrons. The molecule has 0 spiro atoms. The summed E-state index contributed by atoms with van der Waals surface area (Å²) in [6.45, 7) is 1.99. The van der Waals surface area contributed by atoms with Crippen molar-refractivity contribution >= 4 is 11.6 Å². The van der Waals surface area contributed by atoms with Crippen molar-refractivity contribution < 1.29 is 4.92 Å². The normalized spacial score (nSPS) is 20.9. The lowest BCUT2D eigenvalue weighted by molar-refractivity contribution is -0.385. The Morgan fingerprint density at radius 2 is 2.25 bits per heavy atom. The summed E-state index contributed by atoms with van der Waals surface area (Å²) in [5.74, 6) is 0.450. The highest BCUT2D eigenvalue weighted by atomic mass is 16.6. The Balaban J connectivity index is 1.97. The van der Waals surface area contributed by atoms with Gasteiger partial charge in [-0.15, -0.1) is 0 Å². The van der Waals surface area contributed by atoms with Crippen molar-refractivity contribution in [3.05, 3.63) is 22.5 Å². The third-order valence-electron chi connectivity index (χ3n) is 2.57. The second kappa shape index (κ2) is 4.40. The van der Waals surface area contributed by atoms with Gasteiger partial charge in [0.15, 0.2) is 0 Å². The number of nitrogens with one attached hydrogen (secondary N) is 1. The number of aromatic nitrogens is 2. The van der Waals surface area contributed by atoms with Crippen molar-refractivity contribution in [2.45, 2.75) is 12.5 Å². The van der Waals surface area contributed by atoms with E-state index in [2.05, 4.69) is 27.2 Å². The molecule has 2 heterocycles. The van der Waals surface area contributed by atoms with E-state index < -0.39 is 4.92 Å². The number of hydrogen-bond acceptors (Lipinski definition) is 6. The fourth-order valence-corrected chi connectivity index (χ4v) is 1.73. The molecule has 1 unspecified atom stereocenters. The number of nitrogens with zero attached hydrogens (tertiary/aromatic N) is 4. The molecule has 0 saturated carbocycles. The van der Waals surface area contributed by atoms with E-state index in [1.165, 1.54) is 12.4 Å². The van der Waals surface area contributed by atoms with Gasteiger partial charge in [0.2, 0.25) is 5.95 Å². The van der Waals surface area contributed by atoms with Gasteiger partial charge in [0.25, 0.3) is 0 Å². The van der Waals surface area contributed by atoms with Gasteiger partial charge in [-0.1, -0.05) is 0 Å². The average Bonchev–Trinajstić information content (AvgIpc) is 2.65. The zero-order valence-corrected chi connectivity index (χ0v) is 8.96. The molecule has 7 nitrogen and oxygen atoms in total. The summed E-state index contributed by atoms with van der Waals surface area (Å²) in [7, 11) is 2.05. The van der Waals surface area contributed by atoms with Gasteiger partial charge in [0, 0.05) is 12.6 Å². The Labute approximate surface area is 92.7 Å².